The van der Waals surface area contributed by atoms with Crippen LogP contribution in [0.4, 0.5) is 11.4 Å². The van der Waals surface area contributed by atoms with Crippen LogP contribution in [-0.2, 0) is 0 Å². The van der Waals surface area contributed by atoms with Gasteiger partial charge in [0.1, 0.15) is 11.8 Å². The van der Waals surface area contributed by atoms with Gasteiger partial charge in [0, 0.05) is 29.9 Å². The summed E-state index contributed by atoms with van der Waals surface area (Å²) in [6.45, 7) is 4.38. The number of pyridine rings is 1. The average molecular weight is 561 g/mol. The van der Waals surface area contributed by atoms with E-state index in [1.807, 2.05) is 60.8 Å². The summed E-state index contributed by atoms with van der Waals surface area (Å²) in [5.74, 6) is 1.58. The van der Waals surface area contributed by atoms with Crippen molar-refractivity contribution in [3.8, 4) is 0 Å². The zero-order valence-corrected chi connectivity index (χ0v) is 23.5. The lowest BCUT2D eigenvalue weighted by Crippen LogP contribution is -2.33. The van der Waals surface area contributed by atoms with E-state index in [9.17, 15) is 0 Å². The minimum atomic E-state index is -0.222. The number of anilines is 2. The molecule has 0 spiro atoms. The molecular formula is C30H29ClN4OS2. The van der Waals surface area contributed by atoms with Crippen LogP contribution in [0.5, 0.6) is 0 Å². The first kappa shape index (κ1) is 25.3. The topological polar surface area (TPSA) is 44.5 Å². The Morgan fingerprint density at radius 3 is 2.53 bits per heavy atom. The molecule has 0 amide bonds. The van der Waals surface area contributed by atoms with Crippen LogP contribution in [0.2, 0.25) is 5.02 Å². The van der Waals surface area contributed by atoms with E-state index < -0.39 is 0 Å². The summed E-state index contributed by atoms with van der Waals surface area (Å²) in [5.41, 5.74) is 2.91. The van der Waals surface area contributed by atoms with Crippen LogP contribution in [0, 0.1) is 5.92 Å². The molecule has 0 saturated carbocycles. The van der Waals surface area contributed by atoms with Gasteiger partial charge in [-0.05, 0) is 85.6 Å². The van der Waals surface area contributed by atoms with Crippen LogP contribution in [0.15, 0.2) is 99.5 Å². The number of hydrogen-bond donors (Lipinski definition) is 1. The van der Waals surface area contributed by atoms with Crippen LogP contribution in [0.1, 0.15) is 43.3 Å². The van der Waals surface area contributed by atoms with Crippen molar-refractivity contribution in [2.75, 3.05) is 22.9 Å². The molecule has 0 radical (unpaired) electrons. The number of benzene rings is 2. The first-order valence-electron chi connectivity index (χ1n) is 12.9. The normalized spacial score (nSPS) is 20.1. The third kappa shape index (κ3) is 5.15. The molecule has 194 valence electrons. The molecule has 2 aliphatic rings. The minimum Gasteiger partial charge on any atom is -0.452 e. The first-order chi connectivity index (χ1) is 18.6. The second-order valence-corrected chi connectivity index (χ2v) is 11.7. The van der Waals surface area contributed by atoms with Crippen molar-refractivity contribution in [2.24, 2.45) is 5.92 Å². The summed E-state index contributed by atoms with van der Waals surface area (Å²) in [7, 11) is 0. The molecule has 5 nitrogen and oxygen atoms in total. The largest absolute Gasteiger partial charge is 0.452 e. The second-order valence-electron chi connectivity index (χ2n) is 9.87. The van der Waals surface area contributed by atoms with Crippen LogP contribution in [0.3, 0.4) is 0 Å². The van der Waals surface area contributed by atoms with Gasteiger partial charge in [0.15, 0.2) is 10.2 Å². The number of furan rings is 1. The maximum atomic E-state index is 6.90. The standard InChI is InChI=1S/C30H29ClN4OS2/c1-20-14-17-34(18-15-20)25-11-10-21(19-23(25)31)35-29(28(33-30(35)37)24-9-5-6-16-32-24)26-12-13-27(36-26)38-22-7-3-2-4-8-22/h2-13,16,19-20,28-29H,14-15,17-18H2,1H3,(H,33,37)/t28-,29+/m0/s1. The summed E-state index contributed by atoms with van der Waals surface area (Å²) in [5, 5.41) is 5.69. The summed E-state index contributed by atoms with van der Waals surface area (Å²) < 4.78 is 6.44. The fourth-order valence-corrected chi connectivity index (χ4v) is 6.67. The predicted molar refractivity (Wildman–Crippen MR) is 159 cm³/mol. The third-order valence-corrected chi connectivity index (χ3v) is 8.83. The third-order valence-electron chi connectivity index (χ3n) is 7.29. The van der Waals surface area contributed by atoms with Gasteiger partial charge in [-0.25, -0.2) is 0 Å². The van der Waals surface area contributed by atoms with Gasteiger partial charge in [0.25, 0.3) is 0 Å². The lowest BCUT2D eigenvalue weighted by molar-refractivity contribution is 0.383. The Morgan fingerprint density at radius 2 is 1.79 bits per heavy atom. The molecule has 4 heterocycles. The number of rotatable bonds is 6. The molecule has 2 fully saturated rings. The van der Waals surface area contributed by atoms with Crippen LogP contribution < -0.4 is 15.1 Å². The summed E-state index contributed by atoms with van der Waals surface area (Å²) in [6.07, 6.45) is 4.19. The Morgan fingerprint density at radius 1 is 1.00 bits per heavy atom. The molecule has 38 heavy (non-hydrogen) atoms. The molecule has 0 bridgehead atoms. The van der Waals surface area contributed by atoms with Crippen LogP contribution in [0.25, 0.3) is 0 Å². The number of nitrogens with zero attached hydrogens (tertiary/aromatic N) is 3. The van der Waals surface area contributed by atoms with E-state index in [0.29, 0.717) is 5.11 Å². The Balaban J connectivity index is 1.34. The quantitative estimate of drug-likeness (QED) is 0.240. The monoisotopic (exact) mass is 560 g/mol. The molecule has 0 unspecified atom stereocenters. The maximum Gasteiger partial charge on any atom is 0.174 e. The molecule has 1 N–H and O–H groups in total. The van der Waals surface area contributed by atoms with Crippen LogP contribution >= 0.6 is 35.6 Å². The van der Waals surface area contributed by atoms with E-state index in [2.05, 4.69) is 51.3 Å². The van der Waals surface area contributed by atoms with Crippen molar-refractivity contribution in [3.05, 3.63) is 102 Å². The molecule has 2 saturated heterocycles. The SMILES string of the molecule is CC1CCN(c2ccc(N3C(=S)N[C@@H](c4ccccn4)[C@H]3c3ccc(Sc4ccccc4)o3)cc2Cl)CC1. The number of halogens is 1. The lowest BCUT2D eigenvalue weighted by Gasteiger charge is -2.33. The number of nitrogens with one attached hydrogen (secondary N) is 1. The van der Waals surface area contributed by atoms with Crippen molar-refractivity contribution in [1.29, 1.82) is 0 Å². The summed E-state index contributed by atoms with van der Waals surface area (Å²) in [4.78, 5) is 10.3. The maximum absolute atomic E-state index is 6.90. The highest BCUT2D eigenvalue weighted by Gasteiger charge is 2.42. The number of thiocarbonyl (C=S) groups is 1. The Hall–Kier alpha value is -3.00. The van der Waals surface area contributed by atoms with Gasteiger partial charge in [-0.15, -0.1) is 0 Å². The number of aromatic nitrogens is 1. The van der Waals surface area contributed by atoms with E-state index in [4.69, 9.17) is 28.2 Å². The van der Waals surface area contributed by atoms with E-state index in [0.717, 1.165) is 56.8 Å². The lowest BCUT2D eigenvalue weighted by atomic mass is 9.98. The average Bonchev–Trinajstić information content (AvgIpc) is 3.54. The minimum absolute atomic E-state index is 0.175. The van der Waals surface area contributed by atoms with Crippen molar-refractivity contribution >= 4 is 52.1 Å². The molecule has 6 rings (SSSR count). The van der Waals surface area contributed by atoms with Crippen molar-refractivity contribution < 1.29 is 4.42 Å². The smallest absolute Gasteiger partial charge is 0.174 e. The molecule has 2 aromatic heterocycles. The predicted octanol–water partition coefficient (Wildman–Crippen LogP) is 7.89. The number of piperidine rings is 1. The van der Waals surface area contributed by atoms with Gasteiger partial charge < -0.3 is 19.5 Å². The Labute approximate surface area is 238 Å². The van der Waals surface area contributed by atoms with Crippen molar-refractivity contribution in [1.82, 2.24) is 10.3 Å². The zero-order chi connectivity index (χ0) is 26.1. The summed E-state index contributed by atoms with van der Waals surface area (Å²) in [6, 6.07) is 26.1. The van der Waals surface area contributed by atoms with E-state index >= 15 is 0 Å². The zero-order valence-electron chi connectivity index (χ0n) is 21.1. The highest BCUT2D eigenvalue weighted by Crippen LogP contribution is 2.45. The van der Waals surface area contributed by atoms with Crippen molar-refractivity contribution in [3.63, 3.8) is 0 Å². The first-order valence-corrected chi connectivity index (χ1v) is 14.5. The van der Waals surface area contributed by atoms with Gasteiger partial charge in [0.05, 0.1) is 22.4 Å². The molecule has 2 aromatic carbocycles. The van der Waals surface area contributed by atoms with Crippen molar-refractivity contribution in [2.45, 2.75) is 41.8 Å². The van der Waals surface area contributed by atoms with Gasteiger partial charge in [0.2, 0.25) is 0 Å². The van der Waals surface area contributed by atoms with Gasteiger partial charge in [-0.2, -0.15) is 0 Å². The van der Waals surface area contributed by atoms with Gasteiger partial charge in [-0.1, -0.05) is 54.6 Å². The van der Waals surface area contributed by atoms with Gasteiger partial charge in [-0.3, -0.25) is 4.98 Å². The Kier molecular flexibility index (Phi) is 7.32. The molecule has 2 aliphatic heterocycles. The second kappa shape index (κ2) is 11.0. The fraction of sp³-hybridized carbons (Fsp3) is 0.267. The van der Waals surface area contributed by atoms with Gasteiger partial charge >= 0.3 is 0 Å². The fourth-order valence-electron chi connectivity index (χ4n) is 5.23. The van der Waals surface area contributed by atoms with E-state index in [1.54, 1.807) is 11.8 Å². The highest BCUT2D eigenvalue weighted by molar-refractivity contribution is 7.99. The molecule has 8 heteroatoms. The number of hydrogen-bond acceptors (Lipinski definition) is 5. The molecular weight excluding hydrogens is 532 g/mol. The molecule has 2 atom stereocenters. The summed E-state index contributed by atoms with van der Waals surface area (Å²) >= 11 is 14.4. The Bertz CT molecular complexity index is 1410. The van der Waals surface area contributed by atoms with E-state index in [-0.39, 0.29) is 12.1 Å². The van der Waals surface area contributed by atoms with Crippen LogP contribution in [-0.4, -0.2) is 23.2 Å². The molecule has 4 aromatic rings. The molecule has 0 aliphatic carbocycles. The van der Waals surface area contributed by atoms with E-state index in [1.165, 1.54) is 12.8 Å². The highest BCUT2D eigenvalue weighted by atomic mass is 35.5.